The van der Waals surface area contributed by atoms with E-state index in [2.05, 4.69) is 4.98 Å². The van der Waals surface area contributed by atoms with Crippen molar-refractivity contribution in [3.63, 3.8) is 0 Å². The summed E-state index contributed by atoms with van der Waals surface area (Å²) in [5, 5.41) is 0. The van der Waals surface area contributed by atoms with Crippen molar-refractivity contribution in [2.45, 2.75) is 19.4 Å². The lowest BCUT2D eigenvalue weighted by molar-refractivity contribution is 0.0793. The molecule has 6 heteroatoms. The zero-order valence-corrected chi connectivity index (χ0v) is 13.6. The molecule has 0 N–H and O–H groups in total. The largest absolute Gasteiger partial charge is 0.339 e. The van der Waals surface area contributed by atoms with Crippen LogP contribution in [-0.2, 0) is 6.54 Å². The van der Waals surface area contributed by atoms with Crippen molar-refractivity contribution in [1.82, 2.24) is 14.5 Å². The standard InChI is InChI=1S/C19H17F2N3O/c20-15-9-17-18(10-16(15)21)24(12-22-17)11-13-3-5-14(6-4-13)19(25)23-7-1-2-8-23/h3-6,9-10,12H,1-2,7-8,11H2. The number of imidazole rings is 1. The molecule has 1 aliphatic heterocycles. The van der Waals surface area contributed by atoms with Gasteiger partial charge in [-0.2, -0.15) is 0 Å². The van der Waals surface area contributed by atoms with Crippen LogP contribution in [0.2, 0.25) is 0 Å². The summed E-state index contributed by atoms with van der Waals surface area (Å²) in [6.07, 6.45) is 3.69. The van der Waals surface area contributed by atoms with E-state index in [4.69, 9.17) is 0 Å². The minimum absolute atomic E-state index is 0.0645. The third-order valence-corrected chi connectivity index (χ3v) is 4.61. The van der Waals surface area contributed by atoms with Gasteiger partial charge in [0.15, 0.2) is 11.6 Å². The Morgan fingerprint density at radius 2 is 1.72 bits per heavy atom. The summed E-state index contributed by atoms with van der Waals surface area (Å²) in [7, 11) is 0. The molecule has 3 aromatic rings. The third kappa shape index (κ3) is 2.99. The molecule has 1 aromatic heterocycles. The fourth-order valence-electron chi connectivity index (χ4n) is 3.23. The van der Waals surface area contributed by atoms with Crippen LogP contribution in [0.15, 0.2) is 42.7 Å². The van der Waals surface area contributed by atoms with Gasteiger partial charge in [0.05, 0.1) is 17.4 Å². The van der Waals surface area contributed by atoms with E-state index in [1.807, 2.05) is 29.2 Å². The van der Waals surface area contributed by atoms with Gasteiger partial charge in [0, 0.05) is 37.3 Å². The molecule has 1 saturated heterocycles. The van der Waals surface area contributed by atoms with Crippen molar-refractivity contribution in [2.24, 2.45) is 0 Å². The van der Waals surface area contributed by atoms with Crippen molar-refractivity contribution >= 4 is 16.9 Å². The lowest BCUT2D eigenvalue weighted by Crippen LogP contribution is -2.27. The van der Waals surface area contributed by atoms with Crippen LogP contribution in [0.1, 0.15) is 28.8 Å². The molecule has 0 saturated carbocycles. The van der Waals surface area contributed by atoms with E-state index < -0.39 is 11.6 Å². The monoisotopic (exact) mass is 341 g/mol. The predicted molar refractivity (Wildman–Crippen MR) is 90.3 cm³/mol. The Morgan fingerprint density at radius 3 is 2.44 bits per heavy atom. The predicted octanol–water partition coefficient (Wildman–Crippen LogP) is 3.60. The summed E-state index contributed by atoms with van der Waals surface area (Å²) in [5.41, 5.74) is 2.59. The second-order valence-corrected chi connectivity index (χ2v) is 6.32. The molecule has 1 amide bonds. The maximum absolute atomic E-state index is 13.5. The SMILES string of the molecule is O=C(c1ccc(Cn2cnc3cc(F)c(F)cc32)cc1)N1CCCC1. The molecule has 4 rings (SSSR count). The fraction of sp³-hybridized carbons (Fsp3) is 0.263. The fourth-order valence-corrected chi connectivity index (χ4v) is 3.23. The lowest BCUT2D eigenvalue weighted by atomic mass is 10.1. The zero-order chi connectivity index (χ0) is 17.4. The first-order valence-electron chi connectivity index (χ1n) is 8.30. The molecular weight excluding hydrogens is 324 g/mol. The Labute approximate surface area is 143 Å². The van der Waals surface area contributed by atoms with E-state index in [0.29, 0.717) is 23.1 Å². The highest BCUT2D eigenvalue weighted by Gasteiger charge is 2.19. The van der Waals surface area contributed by atoms with Crippen molar-refractivity contribution in [2.75, 3.05) is 13.1 Å². The van der Waals surface area contributed by atoms with Crippen LogP contribution in [0, 0.1) is 11.6 Å². The summed E-state index contributed by atoms with van der Waals surface area (Å²) < 4.78 is 28.5. The van der Waals surface area contributed by atoms with Gasteiger partial charge in [-0.1, -0.05) is 12.1 Å². The number of fused-ring (bicyclic) bond motifs is 1. The maximum Gasteiger partial charge on any atom is 0.253 e. The van der Waals surface area contributed by atoms with Gasteiger partial charge < -0.3 is 9.47 Å². The van der Waals surface area contributed by atoms with Gasteiger partial charge in [-0.3, -0.25) is 4.79 Å². The van der Waals surface area contributed by atoms with Gasteiger partial charge in [0.25, 0.3) is 5.91 Å². The topological polar surface area (TPSA) is 38.1 Å². The Bertz CT molecular complexity index is 928. The molecule has 0 atom stereocenters. The van der Waals surface area contributed by atoms with Crippen molar-refractivity contribution in [3.05, 3.63) is 65.5 Å². The van der Waals surface area contributed by atoms with Gasteiger partial charge in [0.1, 0.15) is 0 Å². The molecule has 128 valence electrons. The summed E-state index contributed by atoms with van der Waals surface area (Å²) >= 11 is 0. The number of carbonyl (C=O) groups excluding carboxylic acids is 1. The Hall–Kier alpha value is -2.76. The van der Waals surface area contributed by atoms with E-state index in [1.165, 1.54) is 0 Å². The second-order valence-electron chi connectivity index (χ2n) is 6.32. The van der Waals surface area contributed by atoms with Crippen LogP contribution in [0.25, 0.3) is 11.0 Å². The van der Waals surface area contributed by atoms with E-state index in [1.54, 1.807) is 10.9 Å². The summed E-state index contributed by atoms with van der Waals surface area (Å²) in [5.74, 6) is -1.72. The van der Waals surface area contributed by atoms with Gasteiger partial charge in [-0.15, -0.1) is 0 Å². The first kappa shape index (κ1) is 15.7. The zero-order valence-electron chi connectivity index (χ0n) is 13.6. The minimum Gasteiger partial charge on any atom is -0.339 e. The summed E-state index contributed by atoms with van der Waals surface area (Å²) in [6.45, 7) is 2.12. The normalized spacial score (nSPS) is 14.4. The maximum atomic E-state index is 13.5. The lowest BCUT2D eigenvalue weighted by Gasteiger charge is -2.15. The highest BCUT2D eigenvalue weighted by Crippen LogP contribution is 2.19. The molecule has 25 heavy (non-hydrogen) atoms. The average molecular weight is 341 g/mol. The molecule has 4 nitrogen and oxygen atoms in total. The third-order valence-electron chi connectivity index (χ3n) is 4.61. The molecule has 2 aromatic carbocycles. The van der Waals surface area contributed by atoms with Crippen LogP contribution < -0.4 is 0 Å². The number of hydrogen-bond donors (Lipinski definition) is 0. The quantitative estimate of drug-likeness (QED) is 0.730. The van der Waals surface area contributed by atoms with E-state index in [0.717, 1.165) is 43.6 Å². The van der Waals surface area contributed by atoms with Crippen LogP contribution in [0.5, 0.6) is 0 Å². The number of amides is 1. The van der Waals surface area contributed by atoms with Gasteiger partial charge in [-0.25, -0.2) is 13.8 Å². The van der Waals surface area contributed by atoms with Gasteiger partial charge in [-0.05, 0) is 30.5 Å². The number of likely N-dealkylation sites (tertiary alicyclic amines) is 1. The van der Waals surface area contributed by atoms with Crippen molar-refractivity contribution < 1.29 is 13.6 Å². The van der Waals surface area contributed by atoms with Crippen molar-refractivity contribution in [3.8, 4) is 0 Å². The van der Waals surface area contributed by atoms with Crippen LogP contribution in [0.4, 0.5) is 8.78 Å². The van der Waals surface area contributed by atoms with E-state index in [-0.39, 0.29) is 5.91 Å². The van der Waals surface area contributed by atoms with E-state index in [9.17, 15) is 13.6 Å². The second kappa shape index (κ2) is 6.27. The van der Waals surface area contributed by atoms with Gasteiger partial charge >= 0.3 is 0 Å². The number of hydrogen-bond acceptors (Lipinski definition) is 2. The average Bonchev–Trinajstić information content (AvgIpc) is 3.27. The highest BCUT2D eigenvalue weighted by atomic mass is 19.2. The Kier molecular flexibility index (Phi) is 3.95. The van der Waals surface area contributed by atoms with Gasteiger partial charge in [0.2, 0.25) is 0 Å². The van der Waals surface area contributed by atoms with Crippen LogP contribution >= 0.6 is 0 Å². The minimum atomic E-state index is -0.900. The van der Waals surface area contributed by atoms with Crippen LogP contribution in [0.3, 0.4) is 0 Å². The Morgan fingerprint density at radius 1 is 1.04 bits per heavy atom. The summed E-state index contributed by atoms with van der Waals surface area (Å²) in [6, 6.07) is 9.65. The number of benzene rings is 2. The smallest absolute Gasteiger partial charge is 0.253 e. The molecule has 0 radical (unpaired) electrons. The molecule has 2 heterocycles. The number of carbonyl (C=O) groups is 1. The molecule has 1 aliphatic rings. The number of halogens is 2. The molecule has 0 bridgehead atoms. The number of nitrogens with zero attached hydrogens (tertiary/aromatic N) is 3. The number of aromatic nitrogens is 2. The Balaban J connectivity index is 1.55. The highest BCUT2D eigenvalue weighted by molar-refractivity contribution is 5.94. The van der Waals surface area contributed by atoms with Crippen molar-refractivity contribution in [1.29, 1.82) is 0 Å². The first-order valence-corrected chi connectivity index (χ1v) is 8.30. The molecule has 0 aliphatic carbocycles. The van der Waals surface area contributed by atoms with Crippen LogP contribution in [-0.4, -0.2) is 33.4 Å². The molecule has 1 fully saturated rings. The molecule has 0 unspecified atom stereocenters. The first-order chi connectivity index (χ1) is 12.1. The summed E-state index contributed by atoms with van der Waals surface area (Å²) in [4.78, 5) is 18.3. The molecular formula is C19H17F2N3O. The number of rotatable bonds is 3. The molecule has 0 spiro atoms. The van der Waals surface area contributed by atoms with E-state index >= 15 is 0 Å².